The lowest BCUT2D eigenvalue weighted by molar-refractivity contribution is -0.327. The second-order valence-electron chi connectivity index (χ2n) is 10.1. The third-order valence-corrected chi connectivity index (χ3v) is 6.43. The van der Waals surface area contributed by atoms with Crippen molar-refractivity contribution in [2.24, 2.45) is 16.7 Å². The van der Waals surface area contributed by atoms with Crippen molar-refractivity contribution < 1.29 is 44.6 Å². The van der Waals surface area contributed by atoms with Crippen LogP contribution < -0.4 is 0 Å². The van der Waals surface area contributed by atoms with Crippen molar-refractivity contribution in [1.29, 1.82) is 0 Å². The van der Waals surface area contributed by atoms with Gasteiger partial charge in [-0.1, -0.05) is 41.5 Å². The first-order chi connectivity index (χ1) is 13.6. The SMILES string of the molecule is CC(C)CCC1(O)C(=O)C(C)(C)C(OC2OC(CO)C(O)C(O)C2O)C(C)(C)C1=O. The van der Waals surface area contributed by atoms with Crippen LogP contribution in [0, 0.1) is 16.7 Å². The first-order valence-electron chi connectivity index (χ1n) is 10.4. The largest absolute Gasteiger partial charge is 0.394 e. The Bertz CT molecular complexity index is 627. The monoisotopic (exact) mass is 432 g/mol. The number of rotatable bonds is 6. The van der Waals surface area contributed by atoms with Crippen LogP contribution in [0.4, 0.5) is 0 Å². The van der Waals surface area contributed by atoms with Crippen molar-refractivity contribution in [3.05, 3.63) is 0 Å². The number of aliphatic hydroxyl groups is 5. The Kier molecular flexibility index (Phi) is 7.21. The number of hydrogen-bond donors (Lipinski definition) is 5. The number of carbonyl (C=O) groups excluding carboxylic acids is 2. The molecular formula is C21H36O9. The van der Waals surface area contributed by atoms with E-state index in [9.17, 15) is 35.1 Å². The highest BCUT2D eigenvalue weighted by molar-refractivity contribution is 6.16. The average Bonchev–Trinajstić information content (AvgIpc) is 2.67. The van der Waals surface area contributed by atoms with Gasteiger partial charge in [0.15, 0.2) is 23.5 Å². The van der Waals surface area contributed by atoms with Gasteiger partial charge in [-0.05, 0) is 18.8 Å². The topological polar surface area (TPSA) is 154 Å². The molecule has 1 saturated heterocycles. The molecule has 1 aliphatic carbocycles. The van der Waals surface area contributed by atoms with Crippen LogP contribution in [-0.4, -0.2) is 86.1 Å². The Morgan fingerprint density at radius 2 is 1.47 bits per heavy atom. The maximum absolute atomic E-state index is 13.3. The molecule has 30 heavy (non-hydrogen) atoms. The van der Waals surface area contributed by atoms with Gasteiger partial charge in [-0.3, -0.25) is 9.59 Å². The maximum atomic E-state index is 13.3. The first kappa shape index (κ1) is 25.3. The summed E-state index contributed by atoms with van der Waals surface area (Å²) in [7, 11) is 0. The number of aliphatic hydroxyl groups excluding tert-OH is 4. The van der Waals surface area contributed by atoms with Crippen molar-refractivity contribution in [3.63, 3.8) is 0 Å². The van der Waals surface area contributed by atoms with E-state index in [2.05, 4.69) is 0 Å². The molecule has 9 nitrogen and oxygen atoms in total. The van der Waals surface area contributed by atoms with Gasteiger partial charge in [0.05, 0.1) is 23.5 Å². The highest BCUT2D eigenvalue weighted by Crippen LogP contribution is 2.50. The van der Waals surface area contributed by atoms with Gasteiger partial charge in [0.2, 0.25) is 0 Å². The normalized spacial score (nSPS) is 41.3. The standard InChI is InChI=1S/C21H36O9/c1-10(2)7-8-21(28)16(26)19(3,4)18(20(5,6)17(21)27)30-15-14(25)13(24)12(23)11(9-22)29-15/h10-15,18,22-25,28H,7-9H2,1-6H3. The predicted octanol–water partition coefficient (Wildman–Crippen LogP) is -0.457. The lowest BCUT2D eigenvalue weighted by Gasteiger charge is -2.53. The molecule has 2 fully saturated rings. The van der Waals surface area contributed by atoms with Gasteiger partial charge in [-0.25, -0.2) is 0 Å². The molecule has 2 aliphatic rings. The number of carbonyl (C=O) groups is 2. The van der Waals surface area contributed by atoms with Crippen molar-refractivity contribution >= 4 is 11.6 Å². The van der Waals surface area contributed by atoms with Crippen molar-refractivity contribution in [2.45, 2.75) is 96.8 Å². The molecule has 0 aromatic heterocycles. The van der Waals surface area contributed by atoms with E-state index in [1.165, 1.54) is 0 Å². The molecule has 5 atom stereocenters. The summed E-state index contributed by atoms with van der Waals surface area (Å²) in [6.07, 6.45) is -8.16. The molecule has 0 radical (unpaired) electrons. The van der Waals surface area contributed by atoms with Crippen LogP contribution in [0.25, 0.3) is 0 Å². The fourth-order valence-electron chi connectivity index (χ4n) is 4.69. The van der Waals surface area contributed by atoms with E-state index in [0.717, 1.165) is 0 Å². The second-order valence-corrected chi connectivity index (χ2v) is 10.1. The van der Waals surface area contributed by atoms with Crippen LogP contribution in [0.3, 0.4) is 0 Å². The van der Waals surface area contributed by atoms with Crippen LogP contribution in [0.1, 0.15) is 54.4 Å². The predicted molar refractivity (Wildman–Crippen MR) is 105 cm³/mol. The van der Waals surface area contributed by atoms with Gasteiger partial charge in [-0.15, -0.1) is 0 Å². The van der Waals surface area contributed by atoms with Crippen LogP contribution in [0.2, 0.25) is 0 Å². The minimum absolute atomic E-state index is 0.00194. The minimum Gasteiger partial charge on any atom is -0.394 e. The molecule has 0 spiro atoms. The zero-order valence-electron chi connectivity index (χ0n) is 18.5. The zero-order valence-corrected chi connectivity index (χ0v) is 18.5. The fraction of sp³-hybridized carbons (Fsp3) is 0.905. The summed E-state index contributed by atoms with van der Waals surface area (Å²) in [5, 5.41) is 50.8. The Labute approximate surface area is 177 Å². The van der Waals surface area contributed by atoms with E-state index >= 15 is 0 Å². The quantitative estimate of drug-likeness (QED) is 0.351. The second kappa shape index (κ2) is 8.54. The van der Waals surface area contributed by atoms with Gasteiger partial charge >= 0.3 is 0 Å². The van der Waals surface area contributed by atoms with Gasteiger partial charge in [0.1, 0.15) is 24.4 Å². The number of ketones is 2. The molecular weight excluding hydrogens is 396 g/mol. The van der Waals surface area contributed by atoms with Crippen molar-refractivity contribution in [1.82, 2.24) is 0 Å². The van der Waals surface area contributed by atoms with Gasteiger partial charge in [-0.2, -0.15) is 0 Å². The molecule has 0 aromatic carbocycles. The smallest absolute Gasteiger partial charge is 0.187 e. The summed E-state index contributed by atoms with van der Waals surface area (Å²) < 4.78 is 11.3. The average molecular weight is 433 g/mol. The zero-order chi connectivity index (χ0) is 23.2. The Morgan fingerprint density at radius 3 is 1.90 bits per heavy atom. The summed E-state index contributed by atoms with van der Waals surface area (Å²) >= 11 is 0. The number of Topliss-reactive ketones (excluding diaryl/α,β-unsaturated/α-hetero) is 2. The summed E-state index contributed by atoms with van der Waals surface area (Å²) in [4.78, 5) is 26.5. The number of ether oxygens (including phenoxy) is 2. The minimum atomic E-state index is -2.15. The molecule has 0 amide bonds. The summed E-state index contributed by atoms with van der Waals surface area (Å²) in [5.74, 6) is -1.16. The highest BCUT2D eigenvalue weighted by atomic mass is 16.7. The third-order valence-electron chi connectivity index (χ3n) is 6.43. The first-order valence-corrected chi connectivity index (χ1v) is 10.4. The fourth-order valence-corrected chi connectivity index (χ4v) is 4.69. The summed E-state index contributed by atoms with van der Waals surface area (Å²) in [6.45, 7) is 9.45. The van der Waals surface area contributed by atoms with Gasteiger partial charge < -0.3 is 35.0 Å². The molecule has 1 aliphatic heterocycles. The van der Waals surface area contributed by atoms with E-state index in [0.29, 0.717) is 6.42 Å². The van der Waals surface area contributed by atoms with Crippen LogP contribution in [0.5, 0.6) is 0 Å². The molecule has 0 bridgehead atoms. The summed E-state index contributed by atoms with van der Waals surface area (Å²) in [6, 6.07) is 0. The Morgan fingerprint density at radius 1 is 0.967 bits per heavy atom. The van der Waals surface area contributed by atoms with Crippen molar-refractivity contribution in [3.8, 4) is 0 Å². The molecule has 1 saturated carbocycles. The van der Waals surface area contributed by atoms with Crippen LogP contribution in [0.15, 0.2) is 0 Å². The van der Waals surface area contributed by atoms with Crippen molar-refractivity contribution in [2.75, 3.05) is 6.61 Å². The molecule has 174 valence electrons. The van der Waals surface area contributed by atoms with E-state index < -0.39 is 71.4 Å². The van der Waals surface area contributed by atoms with Gasteiger partial charge in [0, 0.05) is 0 Å². The highest BCUT2D eigenvalue weighted by Gasteiger charge is 2.66. The lowest BCUT2D eigenvalue weighted by atomic mass is 9.55. The van der Waals surface area contributed by atoms with Crippen LogP contribution >= 0.6 is 0 Å². The lowest BCUT2D eigenvalue weighted by Crippen LogP contribution is -2.70. The van der Waals surface area contributed by atoms with E-state index in [1.54, 1.807) is 27.7 Å². The van der Waals surface area contributed by atoms with E-state index in [4.69, 9.17) is 9.47 Å². The van der Waals surface area contributed by atoms with E-state index in [-0.39, 0.29) is 12.3 Å². The van der Waals surface area contributed by atoms with Crippen LogP contribution in [-0.2, 0) is 19.1 Å². The Balaban J connectivity index is 2.37. The summed E-state index contributed by atoms with van der Waals surface area (Å²) in [5.41, 5.74) is -4.81. The maximum Gasteiger partial charge on any atom is 0.187 e. The molecule has 1 heterocycles. The van der Waals surface area contributed by atoms with Gasteiger partial charge in [0.25, 0.3) is 0 Å². The molecule has 0 aromatic rings. The third kappa shape index (κ3) is 4.09. The molecule has 5 unspecified atom stereocenters. The Hall–Kier alpha value is -0.940. The molecule has 2 rings (SSSR count). The number of hydrogen-bond acceptors (Lipinski definition) is 9. The molecule has 5 N–H and O–H groups in total. The van der Waals surface area contributed by atoms with E-state index in [1.807, 2.05) is 13.8 Å². The molecule has 9 heteroatoms.